The summed E-state index contributed by atoms with van der Waals surface area (Å²) in [5.74, 6) is -0.668. The number of ether oxygens (including phenoxy) is 1. The van der Waals surface area contributed by atoms with Gasteiger partial charge in [-0.1, -0.05) is 60.7 Å². The number of rotatable bonds is 16. The van der Waals surface area contributed by atoms with Gasteiger partial charge in [0.2, 0.25) is 11.8 Å². The number of aromatic nitrogens is 1. The van der Waals surface area contributed by atoms with Crippen LogP contribution in [0.4, 0.5) is 0 Å². The molecule has 0 saturated carbocycles. The van der Waals surface area contributed by atoms with Gasteiger partial charge in [-0.3, -0.25) is 19.4 Å². The number of carbonyl (C=O) groups is 3. The first kappa shape index (κ1) is 29.6. The molecule has 3 aromatic rings. The predicted octanol–water partition coefficient (Wildman–Crippen LogP) is 4.55. The molecule has 1 atom stereocenters. The van der Waals surface area contributed by atoms with Crippen LogP contribution >= 0.6 is 0 Å². The number of aryl methyl sites for hydroxylation is 2. The van der Waals surface area contributed by atoms with E-state index in [4.69, 9.17) is 4.74 Å². The highest BCUT2D eigenvalue weighted by Crippen LogP contribution is 2.11. The summed E-state index contributed by atoms with van der Waals surface area (Å²) in [4.78, 5) is 44.3. The molecular formula is C32H39N3O4. The van der Waals surface area contributed by atoms with E-state index in [1.165, 1.54) is 0 Å². The molecule has 1 aromatic heterocycles. The van der Waals surface area contributed by atoms with E-state index >= 15 is 0 Å². The number of hydrogen-bond acceptors (Lipinski definition) is 5. The predicted molar refractivity (Wildman–Crippen MR) is 152 cm³/mol. The molecule has 0 radical (unpaired) electrons. The second kappa shape index (κ2) is 16.8. The number of nitrogens with one attached hydrogen (secondary N) is 1. The fourth-order valence-corrected chi connectivity index (χ4v) is 4.43. The first-order chi connectivity index (χ1) is 19.0. The van der Waals surface area contributed by atoms with Gasteiger partial charge in [0.1, 0.15) is 0 Å². The van der Waals surface area contributed by atoms with Gasteiger partial charge in [0.05, 0.1) is 19.6 Å². The van der Waals surface area contributed by atoms with Crippen molar-refractivity contribution < 1.29 is 19.1 Å². The van der Waals surface area contributed by atoms with E-state index in [-0.39, 0.29) is 36.8 Å². The Balaban J connectivity index is 1.61. The molecule has 1 N–H and O–H groups in total. The van der Waals surface area contributed by atoms with Crippen LogP contribution in [0.5, 0.6) is 0 Å². The van der Waals surface area contributed by atoms with Gasteiger partial charge < -0.3 is 15.0 Å². The minimum Gasteiger partial charge on any atom is -0.466 e. The van der Waals surface area contributed by atoms with Gasteiger partial charge in [0.15, 0.2) is 0 Å². The number of pyridine rings is 1. The lowest BCUT2D eigenvalue weighted by Gasteiger charge is -2.25. The van der Waals surface area contributed by atoms with E-state index in [0.29, 0.717) is 38.8 Å². The van der Waals surface area contributed by atoms with Crippen molar-refractivity contribution in [1.82, 2.24) is 15.2 Å². The van der Waals surface area contributed by atoms with Crippen molar-refractivity contribution in [2.45, 2.75) is 57.9 Å². The quantitative estimate of drug-likeness (QED) is 0.275. The Hall–Kier alpha value is -4.00. The van der Waals surface area contributed by atoms with Crippen LogP contribution in [-0.2, 0) is 38.4 Å². The van der Waals surface area contributed by atoms with Gasteiger partial charge in [0.25, 0.3) is 0 Å². The first-order valence-corrected chi connectivity index (χ1v) is 13.7. The fourth-order valence-electron chi connectivity index (χ4n) is 4.43. The number of carbonyl (C=O) groups excluding carboxylic acids is 3. The smallest absolute Gasteiger partial charge is 0.307 e. The zero-order chi connectivity index (χ0) is 27.7. The normalized spacial score (nSPS) is 11.4. The van der Waals surface area contributed by atoms with E-state index in [2.05, 4.69) is 10.3 Å². The van der Waals surface area contributed by atoms with Crippen LogP contribution in [0.2, 0.25) is 0 Å². The van der Waals surface area contributed by atoms with Crippen molar-refractivity contribution in [3.05, 3.63) is 102 Å². The molecule has 0 fully saturated rings. The van der Waals surface area contributed by atoms with E-state index in [1.54, 1.807) is 24.2 Å². The number of esters is 1. The highest BCUT2D eigenvalue weighted by Gasteiger charge is 2.21. The van der Waals surface area contributed by atoms with Crippen LogP contribution < -0.4 is 5.32 Å². The fraction of sp³-hybridized carbons (Fsp3) is 0.375. The molecule has 1 heterocycles. The van der Waals surface area contributed by atoms with Crippen molar-refractivity contribution in [3.63, 3.8) is 0 Å². The molecule has 0 aliphatic carbocycles. The second-order valence-corrected chi connectivity index (χ2v) is 9.56. The Morgan fingerprint density at radius 3 is 2.10 bits per heavy atom. The van der Waals surface area contributed by atoms with E-state index in [1.807, 2.05) is 72.8 Å². The van der Waals surface area contributed by atoms with Crippen molar-refractivity contribution in [2.24, 2.45) is 0 Å². The number of amides is 2. The molecule has 7 heteroatoms. The van der Waals surface area contributed by atoms with Gasteiger partial charge >= 0.3 is 5.97 Å². The maximum atomic E-state index is 13.2. The summed E-state index contributed by atoms with van der Waals surface area (Å²) in [6.45, 7) is 2.45. The Morgan fingerprint density at radius 2 is 1.46 bits per heavy atom. The summed E-state index contributed by atoms with van der Waals surface area (Å²) >= 11 is 0. The SMILES string of the molecule is CCOC(=O)C[C@@H](CCc1ccccc1)NC(=O)CN(CCc1ccccc1)C(=O)CCCc1ccncc1. The topological polar surface area (TPSA) is 88.6 Å². The Morgan fingerprint density at radius 1 is 0.846 bits per heavy atom. The van der Waals surface area contributed by atoms with Crippen molar-refractivity contribution in [3.8, 4) is 0 Å². The van der Waals surface area contributed by atoms with Gasteiger partial charge in [0, 0.05) is 31.4 Å². The highest BCUT2D eigenvalue weighted by molar-refractivity contribution is 5.85. The molecule has 0 aliphatic heterocycles. The van der Waals surface area contributed by atoms with Crippen molar-refractivity contribution in [1.29, 1.82) is 0 Å². The molecular weight excluding hydrogens is 490 g/mol. The van der Waals surface area contributed by atoms with Crippen LogP contribution in [0.1, 0.15) is 49.3 Å². The molecule has 2 amide bonds. The molecule has 0 aliphatic rings. The first-order valence-electron chi connectivity index (χ1n) is 13.7. The number of nitrogens with zero attached hydrogens (tertiary/aromatic N) is 2. The molecule has 2 aromatic carbocycles. The van der Waals surface area contributed by atoms with Gasteiger partial charge in [-0.05, 0) is 67.9 Å². The Kier molecular flexibility index (Phi) is 12.7. The monoisotopic (exact) mass is 529 g/mol. The zero-order valence-corrected chi connectivity index (χ0v) is 22.8. The van der Waals surface area contributed by atoms with Crippen LogP contribution in [0.25, 0.3) is 0 Å². The molecule has 39 heavy (non-hydrogen) atoms. The maximum absolute atomic E-state index is 13.2. The lowest BCUT2D eigenvalue weighted by atomic mass is 10.0. The third-order valence-corrected chi connectivity index (χ3v) is 6.51. The van der Waals surface area contributed by atoms with Crippen LogP contribution in [-0.4, -0.2) is 53.4 Å². The summed E-state index contributed by atoms with van der Waals surface area (Å²) in [5.41, 5.74) is 3.37. The molecule has 206 valence electrons. The molecule has 3 rings (SSSR count). The van der Waals surface area contributed by atoms with Gasteiger partial charge in [-0.15, -0.1) is 0 Å². The lowest BCUT2D eigenvalue weighted by molar-refractivity contribution is -0.144. The molecule has 0 saturated heterocycles. The third kappa shape index (κ3) is 11.5. The average molecular weight is 530 g/mol. The zero-order valence-electron chi connectivity index (χ0n) is 22.8. The van der Waals surface area contributed by atoms with E-state index in [0.717, 1.165) is 29.5 Å². The maximum Gasteiger partial charge on any atom is 0.307 e. The summed E-state index contributed by atoms with van der Waals surface area (Å²) in [5, 5.41) is 3.00. The van der Waals surface area contributed by atoms with Gasteiger partial charge in [-0.2, -0.15) is 0 Å². The molecule has 7 nitrogen and oxygen atoms in total. The molecule has 0 bridgehead atoms. The number of benzene rings is 2. The molecule has 0 spiro atoms. The van der Waals surface area contributed by atoms with E-state index < -0.39 is 0 Å². The minimum absolute atomic E-state index is 0.0500. The minimum atomic E-state index is -0.380. The van der Waals surface area contributed by atoms with Crippen LogP contribution in [0.15, 0.2) is 85.2 Å². The lowest BCUT2D eigenvalue weighted by Crippen LogP contribution is -2.45. The van der Waals surface area contributed by atoms with Crippen molar-refractivity contribution >= 4 is 17.8 Å². The Labute approximate surface area is 231 Å². The summed E-state index contributed by atoms with van der Waals surface area (Å²) in [6, 6.07) is 23.4. The molecule has 0 unspecified atom stereocenters. The third-order valence-electron chi connectivity index (χ3n) is 6.51. The van der Waals surface area contributed by atoms with Crippen molar-refractivity contribution in [2.75, 3.05) is 19.7 Å². The Bertz CT molecular complexity index is 1140. The average Bonchev–Trinajstić information content (AvgIpc) is 2.95. The second-order valence-electron chi connectivity index (χ2n) is 9.56. The summed E-state index contributed by atoms with van der Waals surface area (Å²) in [6.07, 6.45) is 7.38. The number of hydrogen-bond donors (Lipinski definition) is 1. The van der Waals surface area contributed by atoms with E-state index in [9.17, 15) is 14.4 Å². The summed E-state index contributed by atoms with van der Waals surface area (Å²) < 4.78 is 5.13. The largest absolute Gasteiger partial charge is 0.466 e. The standard InChI is InChI=1S/C32H39N3O4/c1-2-39-32(38)24-29(17-16-26-10-5-3-6-11-26)34-30(36)25-35(23-20-27-12-7-4-8-13-27)31(37)15-9-14-28-18-21-33-22-19-28/h3-8,10-13,18-19,21-22,29H,2,9,14-17,20,23-25H2,1H3,(H,34,36)/t29-/m1/s1. The van der Waals surface area contributed by atoms with Crippen LogP contribution in [0, 0.1) is 0 Å². The van der Waals surface area contributed by atoms with Gasteiger partial charge in [-0.25, -0.2) is 0 Å². The highest BCUT2D eigenvalue weighted by atomic mass is 16.5. The summed E-state index contributed by atoms with van der Waals surface area (Å²) in [7, 11) is 0. The van der Waals surface area contributed by atoms with Crippen LogP contribution in [0.3, 0.4) is 0 Å².